The molecule has 0 N–H and O–H groups in total. The zero-order valence-electron chi connectivity index (χ0n) is 6.98. The Hall–Kier alpha value is -0.980. The molecule has 61 valence electrons. The van der Waals surface area contributed by atoms with Crippen LogP contribution in [0.1, 0.15) is 12.8 Å². The van der Waals surface area contributed by atoms with E-state index < -0.39 is 0 Å². The lowest BCUT2D eigenvalue weighted by atomic mass is 9.87. The number of hydrogen-bond donors (Lipinski definition) is 0. The maximum Gasteiger partial charge on any atom is 0.0606 e. The third kappa shape index (κ3) is 0.739. The number of nitrogens with zero attached hydrogens (tertiary/aromatic N) is 1. The molecule has 1 heterocycles. The topological polar surface area (TPSA) is 14.1 Å². The highest BCUT2D eigenvalue weighted by molar-refractivity contribution is 5.29. The Bertz CT molecular complexity index is 285. The van der Waals surface area contributed by atoms with Gasteiger partial charge in [-0.1, -0.05) is 24.3 Å². The average Bonchev–Trinajstić information content (AvgIpc) is 2.62. The van der Waals surface area contributed by atoms with Crippen LogP contribution < -0.4 is 5.32 Å². The highest BCUT2D eigenvalue weighted by atomic mass is 15.0. The minimum atomic E-state index is 0.584. The van der Waals surface area contributed by atoms with Gasteiger partial charge in [-0.2, -0.15) is 0 Å². The molecule has 1 radical (unpaired) electrons. The number of allylic oxidation sites excluding steroid dienone is 4. The molecule has 0 aromatic carbocycles. The summed E-state index contributed by atoms with van der Waals surface area (Å²) in [4.78, 5) is 0. The van der Waals surface area contributed by atoms with Crippen LogP contribution in [-0.2, 0) is 0 Å². The van der Waals surface area contributed by atoms with Crippen molar-refractivity contribution >= 4 is 0 Å². The minimum Gasteiger partial charge on any atom is -0.285 e. The molecule has 0 aromatic heterocycles. The van der Waals surface area contributed by atoms with Gasteiger partial charge in [0.1, 0.15) is 0 Å². The lowest BCUT2D eigenvalue weighted by molar-refractivity contribution is 0.470. The first-order valence-electron chi connectivity index (χ1n) is 4.69. The summed E-state index contributed by atoms with van der Waals surface area (Å²) in [7, 11) is 0. The largest absolute Gasteiger partial charge is 0.285 e. The monoisotopic (exact) mass is 158 g/mol. The van der Waals surface area contributed by atoms with Gasteiger partial charge in [0.05, 0.1) is 6.04 Å². The van der Waals surface area contributed by atoms with Crippen molar-refractivity contribution in [2.45, 2.75) is 18.9 Å². The van der Waals surface area contributed by atoms with Crippen LogP contribution in [-0.4, -0.2) is 6.04 Å². The van der Waals surface area contributed by atoms with E-state index in [0.717, 1.165) is 5.92 Å². The molecule has 3 atom stereocenters. The van der Waals surface area contributed by atoms with E-state index in [9.17, 15) is 0 Å². The maximum atomic E-state index is 4.72. The molecular formula is C11H12N. The van der Waals surface area contributed by atoms with Crippen LogP contribution in [0.25, 0.3) is 0 Å². The van der Waals surface area contributed by atoms with Crippen LogP contribution in [0, 0.1) is 11.8 Å². The SMILES string of the molecule is C1=CCC2C(=C1)[N]C1CC=CC12. The Morgan fingerprint density at radius 1 is 1.25 bits per heavy atom. The fourth-order valence-electron chi connectivity index (χ4n) is 2.52. The molecule has 0 amide bonds. The standard InChI is InChI=1S/C11H12N/c1-2-6-10-8(4-1)9-5-3-7-11(9)12-10/h1-3,5-6,8-9,11H,4,7H2. The molecule has 1 aliphatic heterocycles. The van der Waals surface area contributed by atoms with Crippen molar-refractivity contribution in [2.75, 3.05) is 0 Å². The lowest BCUT2D eigenvalue weighted by Crippen LogP contribution is -2.16. The molecule has 12 heavy (non-hydrogen) atoms. The predicted octanol–water partition coefficient (Wildman–Crippen LogP) is 2.01. The molecule has 1 nitrogen and oxygen atoms in total. The van der Waals surface area contributed by atoms with Crippen LogP contribution in [0.4, 0.5) is 0 Å². The molecule has 1 saturated heterocycles. The van der Waals surface area contributed by atoms with Gasteiger partial charge in [0.2, 0.25) is 0 Å². The Morgan fingerprint density at radius 2 is 2.25 bits per heavy atom. The first kappa shape index (κ1) is 6.53. The van der Waals surface area contributed by atoms with Gasteiger partial charge in [-0.25, -0.2) is 0 Å². The van der Waals surface area contributed by atoms with E-state index in [4.69, 9.17) is 5.32 Å². The second kappa shape index (κ2) is 2.25. The lowest BCUT2D eigenvalue weighted by Gasteiger charge is -2.15. The van der Waals surface area contributed by atoms with Crippen LogP contribution >= 0.6 is 0 Å². The molecule has 3 rings (SSSR count). The summed E-state index contributed by atoms with van der Waals surface area (Å²) in [5.74, 6) is 1.43. The zero-order chi connectivity index (χ0) is 7.97. The summed E-state index contributed by atoms with van der Waals surface area (Å²) in [6.07, 6.45) is 13.6. The first-order chi connectivity index (χ1) is 5.95. The summed E-state index contributed by atoms with van der Waals surface area (Å²) in [5.41, 5.74) is 1.34. The Labute approximate surface area is 72.9 Å². The predicted molar refractivity (Wildman–Crippen MR) is 48.5 cm³/mol. The normalized spacial score (nSPS) is 42.0. The van der Waals surface area contributed by atoms with Gasteiger partial charge in [-0.15, -0.1) is 0 Å². The van der Waals surface area contributed by atoms with Gasteiger partial charge >= 0.3 is 0 Å². The molecule has 0 saturated carbocycles. The average molecular weight is 158 g/mol. The molecule has 0 aromatic rings. The third-order valence-electron chi connectivity index (χ3n) is 3.13. The van der Waals surface area contributed by atoms with E-state index in [-0.39, 0.29) is 0 Å². The van der Waals surface area contributed by atoms with Gasteiger partial charge in [-0.3, -0.25) is 5.32 Å². The van der Waals surface area contributed by atoms with Gasteiger partial charge in [-0.05, 0) is 18.9 Å². The van der Waals surface area contributed by atoms with Gasteiger partial charge in [0.25, 0.3) is 0 Å². The molecule has 1 fully saturated rings. The summed E-state index contributed by atoms with van der Waals surface area (Å²) in [6, 6.07) is 0.584. The second-order valence-corrected chi connectivity index (χ2v) is 3.80. The zero-order valence-corrected chi connectivity index (χ0v) is 6.98. The molecule has 2 aliphatic carbocycles. The van der Waals surface area contributed by atoms with Crippen molar-refractivity contribution < 1.29 is 0 Å². The third-order valence-corrected chi connectivity index (χ3v) is 3.13. The second-order valence-electron chi connectivity index (χ2n) is 3.80. The van der Waals surface area contributed by atoms with Crippen molar-refractivity contribution in [3.8, 4) is 0 Å². The van der Waals surface area contributed by atoms with E-state index in [0.29, 0.717) is 12.0 Å². The van der Waals surface area contributed by atoms with E-state index in [1.54, 1.807) is 0 Å². The van der Waals surface area contributed by atoms with Crippen molar-refractivity contribution in [3.05, 3.63) is 36.1 Å². The summed E-state index contributed by atoms with van der Waals surface area (Å²) in [5, 5.41) is 4.72. The Kier molecular flexibility index (Phi) is 1.23. The minimum absolute atomic E-state index is 0.584. The molecular weight excluding hydrogens is 146 g/mol. The van der Waals surface area contributed by atoms with Crippen LogP contribution in [0.3, 0.4) is 0 Å². The van der Waals surface area contributed by atoms with E-state index in [1.165, 1.54) is 18.5 Å². The summed E-state index contributed by atoms with van der Waals surface area (Å²) < 4.78 is 0. The Balaban J connectivity index is 1.96. The molecule has 0 spiro atoms. The van der Waals surface area contributed by atoms with Gasteiger partial charge in [0.15, 0.2) is 0 Å². The molecule has 3 aliphatic rings. The smallest absolute Gasteiger partial charge is 0.0606 e. The van der Waals surface area contributed by atoms with Crippen molar-refractivity contribution in [2.24, 2.45) is 11.8 Å². The number of fused-ring (bicyclic) bond motifs is 3. The van der Waals surface area contributed by atoms with Crippen molar-refractivity contribution in [1.82, 2.24) is 5.32 Å². The summed E-state index contributed by atoms with van der Waals surface area (Å²) in [6.45, 7) is 0. The van der Waals surface area contributed by atoms with Crippen molar-refractivity contribution in [1.29, 1.82) is 0 Å². The highest BCUT2D eigenvalue weighted by Gasteiger charge is 2.40. The highest BCUT2D eigenvalue weighted by Crippen LogP contribution is 2.41. The van der Waals surface area contributed by atoms with E-state index in [1.807, 2.05) is 0 Å². The Morgan fingerprint density at radius 3 is 3.25 bits per heavy atom. The first-order valence-corrected chi connectivity index (χ1v) is 4.69. The van der Waals surface area contributed by atoms with Gasteiger partial charge < -0.3 is 0 Å². The fraction of sp³-hybridized carbons (Fsp3) is 0.455. The fourth-order valence-corrected chi connectivity index (χ4v) is 2.52. The van der Waals surface area contributed by atoms with Gasteiger partial charge in [0, 0.05) is 17.5 Å². The maximum absolute atomic E-state index is 4.72. The number of rotatable bonds is 0. The van der Waals surface area contributed by atoms with Crippen LogP contribution in [0.15, 0.2) is 36.1 Å². The molecule has 3 unspecified atom stereocenters. The molecule has 0 bridgehead atoms. The summed E-state index contributed by atoms with van der Waals surface area (Å²) >= 11 is 0. The number of hydrogen-bond acceptors (Lipinski definition) is 0. The van der Waals surface area contributed by atoms with E-state index in [2.05, 4.69) is 30.4 Å². The quantitative estimate of drug-likeness (QED) is 0.479. The van der Waals surface area contributed by atoms with Crippen LogP contribution in [0.5, 0.6) is 0 Å². The van der Waals surface area contributed by atoms with Crippen molar-refractivity contribution in [3.63, 3.8) is 0 Å². The van der Waals surface area contributed by atoms with E-state index >= 15 is 0 Å². The molecule has 1 heteroatoms. The van der Waals surface area contributed by atoms with Crippen LogP contribution in [0.2, 0.25) is 0 Å².